The summed E-state index contributed by atoms with van der Waals surface area (Å²) >= 11 is 6.77. The second-order valence-electron chi connectivity index (χ2n) is 11.0. The first kappa shape index (κ1) is 31.4. The van der Waals surface area contributed by atoms with E-state index in [1.165, 1.54) is 38.5 Å². The van der Waals surface area contributed by atoms with E-state index in [0.717, 1.165) is 51.0 Å². The molecule has 3 aliphatic rings. The Balaban J connectivity index is 1.32. The van der Waals surface area contributed by atoms with Crippen molar-refractivity contribution in [3.05, 3.63) is 0 Å². The fourth-order valence-electron chi connectivity index (χ4n) is 5.83. The zero-order valence-corrected chi connectivity index (χ0v) is 27.1. The van der Waals surface area contributed by atoms with Crippen LogP contribution in [-0.4, -0.2) is 41.3 Å². The van der Waals surface area contributed by atoms with E-state index >= 15 is 0 Å². The van der Waals surface area contributed by atoms with Crippen LogP contribution in [0.25, 0.3) is 0 Å². The van der Waals surface area contributed by atoms with Crippen molar-refractivity contribution >= 4 is 80.6 Å². The number of hydroxylamine groups is 2. The SMILES string of the molecule is C[C@@H](CC(=O)ON1C(=O)CCC1=O)C1CCCC(SC(I)(I)CC(=O)NCCCCC2CCCC2)CC1. The molecule has 0 aromatic carbocycles. The van der Waals surface area contributed by atoms with E-state index in [1.807, 2.05) is 11.8 Å². The first-order valence-electron chi connectivity index (χ1n) is 14.0. The van der Waals surface area contributed by atoms with Gasteiger partial charge in [0, 0.05) is 24.6 Å². The average molecular weight is 761 g/mol. The fraction of sp³-hybridized carbons (Fsp3) is 0.852. The van der Waals surface area contributed by atoms with Crippen LogP contribution in [0.3, 0.4) is 0 Å². The molecule has 0 bridgehead atoms. The van der Waals surface area contributed by atoms with Crippen molar-refractivity contribution in [2.75, 3.05) is 6.54 Å². The Morgan fingerprint density at radius 1 is 1.03 bits per heavy atom. The van der Waals surface area contributed by atoms with Crippen LogP contribution in [0.4, 0.5) is 0 Å². The average Bonchev–Trinajstić information content (AvgIpc) is 3.38. The van der Waals surface area contributed by atoms with Crippen molar-refractivity contribution in [3.8, 4) is 0 Å². The van der Waals surface area contributed by atoms with E-state index in [0.29, 0.717) is 22.7 Å². The third-order valence-electron chi connectivity index (χ3n) is 7.99. The monoisotopic (exact) mass is 760 g/mol. The molecule has 1 heterocycles. The van der Waals surface area contributed by atoms with Crippen LogP contribution in [0.5, 0.6) is 0 Å². The van der Waals surface area contributed by atoms with E-state index in [2.05, 4.69) is 57.4 Å². The number of amides is 3. The smallest absolute Gasteiger partial charge is 0.333 e. The van der Waals surface area contributed by atoms with Gasteiger partial charge in [0.1, 0.15) is 0.760 Å². The first-order valence-corrected chi connectivity index (χ1v) is 17.1. The number of carbonyl (C=O) groups is 4. The van der Waals surface area contributed by atoms with E-state index in [1.54, 1.807) is 0 Å². The lowest BCUT2D eigenvalue weighted by Gasteiger charge is -2.26. The van der Waals surface area contributed by atoms with Crippen LogP contribution in [0.2, 0.25) is 0 Å². The zero-order chi connectivity index (χ0) is 26.8. The third kappa shape index (κ3) is 11.1. The highest BCUT2D eigenvalue weighted by Crippen LogP contribution is 2.49. The van der Waals surface area contributed by atoms with E-state index in [-0.39, 0.29) is 31.8 Å². The molecule has 0 radical (unpaired) electrons. The van der Waals surface area contributed by atoms with Crippen molar-refractivity contribution in [1.29, 1.82) is 0 Å². The van der Waals surface area contributed by atoms with Crippen LogP contribution in [0.1, 0.15) is 110 Å². The third-order valence-corrected chi connectivity index (χ3v) is 11.6. The van der Waals surface area contributed by atoms with Crippen molar-refractivity contribution in [1.82, 2.24) is 10.4 Å². The highest BCUT2D eigenvalue weighted by Gasteiger charge is 2.35. The molecule has 2 aliphatic carbocycles. The van der Waals surface area contributed by atoms with Crippen LogP contribution in [-0.2, 0) is 24.0 Å². The molecule has 3 amide bonds. The van der Waals surface area contributed by atoms with Gasteiger partial charge in [0.25, 0.3) is 11.8 Å². The van der Waals surface area contributed by atoms with Gasteiger partial charge in [-0.2, -0.15) is 0 Å². The van der Waals surface area contributed by atoms with Crippen LogP contribution >= 0.6 is 56.9 Å². The minimum absolute atomic E-state index is 0.112. The highest BCUT2D eigenvalue weighted by atomic mass is 127. The second kappa shape index (κ2) is 15.6. The molecule has 10 heteroatoms. The lowest BCUT2D eigenvalue weighted by atomic mass is 9.85. The van der Waals surface area contributed by atoms with Crippen LogP contribution < -0.4 is 5.32 Å². The number of hydrogen-bond acceptors (Lipinski definition) is 6. The predicted molar refractivity (Wildman–Crippen MR) is 163 cm³/mol. The molecule has 0 aromatic rings. The molecule has 0 spiro atoms. The molecule has 1 saturated heterocycles. The zero-order valence-electron chi connectivity index (χ0n) is 22.0. The first-order chi connectivity index (χ1) is 17.6. The number of halogens is 2. The van der Waals surface area contributed by atoms with Gasteiger partial charge in [0.05, 0.1) is 12.8 Å². The molecular weight excluding hydrogens is 718 g/mol. The normalized spacial score (nSPS) is 24.2. The van der Waals surface area contributed by atoms with Crippen molar-refractivity contribution in [2.24, 2.45) is 17.8 Å². The molecule has 7 nitrogen and oxygen atoms in total. The Bertz CT molecular complexity index is 790. The van der Waals surface area contributed by atoms with Gasteiger partial charge in [-0.15, -0.1) is 16.8 Å². The standard InChI is InChI=1S/C27H42I2N2O5S/c1-19(17-26(35)36-31-24(33)14-15-25(31)34)21-10-6-11-22(13-12-21)37-27(28,29)18-23(32)30-16-5-4-9-20-7-2-3-8-20/h19-22H,2-18H2,1H3,(H,30,32)/t19-,21?,22?/m0/s1. The van der Waals surface area contributed by atoms with Gasteiger partial charge in [0.2, 0.25) is 5.91 Å². The number of unbranched alkanes of at least 4 members (excludes halogenated alkanes) is 1. The summed E-state index contributed by atoms with van der Waals surface area (Å²) in [5.74, 6) is 0.232. The maximum absolute atomic E-state index is 12.6. The molecule has 3 atom stereocenters. The topological polar surface area (TPSA) is 92.8 Å². The summed E-state index contributed by atoms with van der Waals surface area (Å²) in [6.45, 7) is 2.84. The molecule has 3 rings (SSSR count). The number of carbonyl (C=O) groups excluding carboxylic acids is 4. The Morgan fingerprint density at radius 3 is 2.43 bits per heavy atom. The van der Waals surface area contributed by atoms with E-state index in [4.69, 9.17) is 4.84 Å². The maximum atomic E-state index is 12.6. The molecule has 1 N–H and O–H groups in total. The largest absolute Gasteiger partial charge is 0.356 e. The fourth-order valence-corrected chi connectivity index (χ4v) is 9.92. The van der Waals surface area contributed by atoms with Gasteiger partial charge < -0.3 is 10.2 Å². The van der Waals surface area contributed by atoms with Crippen molar-refractivity contribution in [3.63, 3.8) is 0 Å². The van der Waals surface area contributed by atoms with Gasteiger partial charge >= 0.3 is 5.97 Å². The summed E-state index contributed by atoms with van der Waals surface area (Å²) in [4.78, 5) is 53.4. The summed E-state index contributed by atoms with van der Waals surface area (Å²) in [6, 6.07) is 0. The Hall–Kier alpha value is -0.110. The summed E-state index contributed by atoms with van der Waals surface area (Å²) < 4.78 is -0.168. The minimum Gasteiger partial charge on any atom is -0.356 e. The Morgan fingerprint density at radius 2 is 1.73 bits per heavy atom. The molecular formula is C27H42I2N2O5S. The van der Waals surface area contributed by atoms with Crippen molar-refractivity contribution in [2.45, 2.75) is 116 Å². The Kier molecular flexibility index (Phi) is 13.3. The molecule has 3 fully saturated rings. The number of thioether (sulfide) groups is 1. The highest BCUT2D eigenvalue weighted by molar-refractivity contribution is 14.2. The summed E-state index contributed by atoms with van der Waals surface area (Å²) in [6.07, 6.45) is 15.5. The van der Waals surface area contributed by atoms with Gasteiger partial charge in [-0.1, -0.05) is 103 Å². The molecule has 37 heavy (non-hydrogen) atoms. The number of imide groups is 1. The van der Waals surface area contributed by atoms with Crippen molar-refractivity contribution < 1.29 is 24.0 Å². The number of hydrogen-bond donors (Lipinski definition) is 1. The lowest BCUT2D eigenvalue weighted by molar-refractivity contribution is -0.198. The van der Waals surface area contributed by atoms with Gasteiger partial charge in [-0.3, -0.25) is 14.4 Å². The van der Waals surface area contributed by atoms with Crippen LogP contribution in [0, 0.1) is 17.8 Å². The molecule has 0 aromatic heterocycles. The maximum Gasteiger partial charge on any atom is 0.333 e. The summed E-state index contributed by atoms with van der Waals surface area (Å²) in [5.41, 5.74) is 0. The Labute approximate surface area is 253 Å². The molecule has 210 valence electrons. The minimum atomic E-state index is -0.505. The molecule has 2 saturated carbocycles. The summed E-state index contributed by atoms with van der Waals surface area (Å²) in [7, 11) is 0. The second-order valence-corrected chi connectivity index (χ2v) is 19.9. The van der Waals surface area contributed by atoms with Gasteiger partial charge in [-0.25, -0.2) is 4.79 Å². The predicted octanol–water partition coefficient (Wildman–Crippen LogP) is 6.69. The number of alkyl halides is 2. The quantitative estimate of drug-likeness (QED) is 0.0740. The number of rotatable bonds is 13. The van der Waals surface area contributed by atoms with E-state index < -0.39 is 17.8 Å². The summed E-state index contributed by atoms with van der Waals surface area (Å²) in [5, 5.41) is 4.27. The molecule has 1 aliphatic heterocycles. The number of nitrogens with one attached hydrogen (secondary N) is 1. The van der Waals surface area contributed by atoms with Crippen LogP contribution in [0.15, 0.2) is 0 Å². The van der Waals surface area contributed by atoms with Gasteiger partial charge in [-0.05, 0) is 43.4 Å². The van der Waals surface area contributed by atoms with E-state index in [9.17, 15) is 19.2 Å². The molecule has 2 unspecified atom stereocenters. The number of nitrogens with zero attached hydrogens (tertiary/aromatic N) is 1. The lowest BCUT2D eigenvalue weighted by Crippen LogP contribution is -2.33. The van der Waals surface area contributed by atoms with Gasteiger partial charge in [0.15, 0.2) is 0 Å².